The number of aliphatic carboxylic acids is 2. The molecule has 1 unspecified atom stereocenters. The van der Waals surface area contributed by atoms with Gasteiger partial charge < -0.3 is 21.1 Å². The first-order chi connectivity index (χ1) is 14.4. The van der Waals surface area contributed by atoms with Gasteiger partial charge in [0.15, 0.2) is 0 Å². The molecule has 5 N–H and O–H groups in total. The predicted molar refractivity (Wildman–Crippen MR) is 125 cm³/mol. The summed E-state index contributed by atoms with van der Waals surface area (Å²) in [6, 6.07) is -1.01. The Balaban J connectivity index is 4.51. The molecule has 0 saturated carbocycles. The van der Waals surface area contributed by atoms with Crippen molar-refractivity contribution in [2.45, 2.75) is 75.7 Å². The molecule has 30 heavy (non-hydrogen) atoms. The standard InChI is InChI=1S/C23H37NO5S/c1-2-3-4-5-6-7-8-9-10-11-12-13-16-21(30-18-19(24)23(28)29)20(25)15-14-17-22(26)27/h6-7,9-13,16,19-21,25H,2-5,8,14-15,17-18,24H2,1H3,(H,26,27)(H,28,29)/t19?,20-,21+/m1/s1. The largest absolute Gasteiger partial charge is 0.481 e. The highest BCUT2D eigenvalue weighted by Gasteiger charge is 2.20. The highest BCUT2D eigenvalue weighted by molar-refractivity contribution is 8.00. The van der Waals surface area contributed by atoms with Crippen molar-refractivity contribution in [1.82, 2.24) is 0 Å². The third-order valence-corrected chi connectivity index (χ3v) is 5.65. The van der Waals surface area contributed by atoms with Crippen molar-refractivity contribution in [3.63, 3.8) is 0 Å². The van der Waals surface area contributed by atoms with E-state index in [9.17, 15) is 14.7 Å². The van der Waals surface area contributed by atoms with Crippen LogP contribution in [-0.2, 0) is 9.59 Å². The van der Waals surface area contributed by atoms with Crippen LogP contribution in [0, 0.1) is 0 Å². The maximum atomic E-state index is 10.9. The van der Waals surface area contributed by atoms with Gasteiger partial charge in [0.25, 0.3) is 0 Å². The van der Waals surface area contributed by atoms with Crippen LogP contribution in [0.5, 0.6) is 0 Å². The van der Waals surface area contributed by atoms with E-state index in [4.69, 9.17) is 15.9 Å². The lowest BCUT2D eigenvalue weighted by molar-refractivity contribution is -0.138. The van der Waals surface area contributed by atoms with Crippen LogP contribution in [0.2, 0.25) is 0 Å². The van der Waals surface area contributed by atoms with Gasteiger partial charge >= 0.3 is 11.9 Å². The molecule has 170 valence electrons. The lowest BCUT2D eigenvalue weighted by Gasteiger charge is -2.20. The molecule has 0 heterocycles. The monoisotopic (exact) mass is 439 g/mol. The first-order valence-corrected chi connectivity index (χ1v) is 11.6. The number of nitrogens with two attached hydrogens (primary N) is 1. The Labute approximate surface area is 184 Å². The molecular weight excluding hydrogens is 402 g/mol. The summed E-state index contributed by atoms with van der Waals surface area (Å²) in [6.45, 7) is 2.19. The van der Waals surface area contributed by atoms with Gasteiger partial charge in [-0.1, -0.05) is 68.4 Å². The summed E-state index contributed by atoms with van der Waals surface area (Å²) >= 11 is 1.26. The Morgan fingerprint density at radius 2 is 1.73 bits per heavy atom. The summed E-state index contributed by atoms with van der Waals surface area (Å²) in [7, 11) is 0. The van der Waals surface area contributed by atoms with Gasteiger partial charge in [-0.05, 0) is 32.1 Å². The maximum Gasteiger partial charge on any atom is 0.321 e. The zero-order valence-corrected chi connectivity index (χ0v) is 18.7. The fourth-order valence-corrected chi connectivity index (χ4v) is 3.60. The number of aliphatic hydroxyl groups excluding tert-OH is 1. The van der Waals surface area contributed by atoms with Gasteiger partial charge in [-0.25, -0.2) is 0 Å². The van der Waals surface area contributed by atoms with Crippen molar-refractivity contribution in [2.75, 3.05) is 5.75 Å². The van der Waals surface area contributed by atoms with Crippen molar-refractivity contribution < 1.29 is 24.9 Å². The molecule has 7 heteroatoms. The van der Waals surface area contributed by atoms with Gasteiger partial charge in [-0.3, -0.25) is 9.59 Å². The second-order valence-electron chi connectivity index (χ2n) is 7.00. The summed E-state index contributed by atoms with van der Waals surface area (Å²) in [5.41, 5.74) is 5.54. The SMILES string of the molecule is CCCCCC=CCC=CC=CC=C[C@H](SCC(N)C(=O)O)[C@H](O)CCCC(=O)O. The van der Waals surface area contributed by atoms with E-state index in [0.29, 0.717) is 12.8 Å². The highest BCUT2D eigenvalue weighted by atomic mass is 32.2. The Bertz CT molecular complexity index is 586. The number of allylic oxidation sites excluding steroid dienone is 7. The van der Waals surface area contributed by atoms with Crippen LogP contribution >= 0.6 is 11.8 Å². The van der Waals surface area contributed by atoms with E-state index in [2.05, 4.69) is 25.2 Å². The number of carbonyl (C=O) groups is 2. The number of hydrogen-bond acceptors (Lipinski definition) is 5. The van der Waals surface area contributed by atoms with Gasteiger partial charge in [-0.2, -0.15) is 0 Å². The number of unbranched alkanes of at least 4 members (excludes halogenated alkanes) is 3. The van der Waals surface area contributed by atoms with E-state index >= 15 is 0 Å². The lowest BCUT2D eigenvalue weighted by atomic mass is 10.1. The smallest absolute Gasteiger partial charge is 0.321 e. The average Bonchev–Trinajstić information content (AvgIpc) is 2.70. The zero-order chi connectivity index (χ0) is 22.6. The van der Waals surface area contributed by atoms with Crippen molar-refractivity contribution >= 4 is 23.7 Å². The molecule has 0 radical (unpaired) electrons. The number of hydrogen-bond donors (Lipinski definition) is 4. The molecule has 0 aromatic heterocycles. The fraction of sp³-hybridized carbons (Fsp3) is 0.565. The summed E-state index contributed by atoms with van der Waals surface area (Å²) < 4.78 is 0. The molecule has 0 spiro atoms. The fourth-order valence-electron chi connectivity index (χ4n) is 2.47. The molecular formula is C23H37NO5S. The molecule has 6 nitrogen and oxygen atoms in total. The Morgan fingerprint density at radius 3 is 2.40 bits per heavy atom. The first kappa shape index (κ1) is 28.2. The third kappa shape index (κ3) is 17.1. The van der Waals surface area contributed by atoms with Crippen molar-refractivity contribution in [3.8, 4) is 0 Å². The highest BCUT2D eigenvalue weighted by Crippen LogP contribution is 2.21. The Kier molecular flexibility index (Phi) is 18.0. The van der Waals surface area contributed by atoms with E-state index in [-0.39, 0.29) is 17.4 Å². The van der Waals surface area contributed by atoms with Crippen molar-refractivity contribution in [3.05, 3.63) is 48.6 Å². The minimum Gasteiger partial charge on any atom is -0.481 e. The molecule has 0 aliphatic rings. The number of thioether (sulfide) groups is 1. The van der Waals surface area contributed by atoms with Crippen LogP contribution < -0.4 is 5.73 Å². The van der Waals surface area contributed by atoms with Crippen molar-refractivity contribution in [2.24, 2.45) is 5.73 Å². The summed E-state index contributed by atoms with van der Waals surface area (Å²) in [5.74, 6) is -1.83. The Morgan fingerprint density at radius 1 is 1.00 bits per heavy atom. The molecule has 0 amide bonds. The minimum absolute atomic E-state index is 0.00938. The third-order valence-electron chi connectivity index (χ3n) is 4.24. The summed E-state index contributed by atoms with van der Waals surface area (Å²) in [6.07, 6.45) is 21.3. The van der Waals surface area contributed by atoms with E-state index in [1.54, 1.807) is 12.2 Å². The molecule has 0 saturated heterocycles. The number of aliphatic hydroxyl groups is 1. The van der Waals surface area contributed by atoms with E-state index < -0.39 is 24.1 Å². The number of rotatable bonds is 18. The average molecular weight is 440 g/mol. The Hall–Kier alpha value is -1.83. The van der Waals surface area contributed by atoms with E-state index in [1.165, 1.54) is 31.0 Å². The summed E-state index contributed by atoms with van der Waals surface area (Å²) in [5, 5.41) is 27.6. The normalized spacial score (nSPS) is 15.4. The summed E-state index contributed by atoms with van der Waals surface area (Å²) in [4.78, 5) is 21.5. The van der Waals surface area contributed by atoms with E-state index in [1.807, 2.05) is 18.2 Å². The van der Waals surface area contributed by atoms with Gasteiger partial charge in [0.2, 0.25) is 0 Å². The second-order valence-corrected chi connectivity index (χ2v) is 8.21. The van der Waals surface area contributed by atoms with Gasteiger partial charge in [0.05, 0.1) is 6.10 Å². The molecule has 0 rings (SSSR count). The van der Waals surface area contributed by atoms with Crippen LogP contribution in [0.4, 0.5) is 0 Å². The van der Waals surface area contributed by atoms with Gasteiger partial charge in [-0.15, -0.1) is 11.8 Å². The van der Waals surface area contributed by atoms with E-state index in [0.717, 1.165) is 12.8 Å². The molecule has 3 atom stereocenters. The maximum absolute atomic E-state index is 10.9. The van der Waals surface area contributed by atoms with Gasteiger partial charge in [0, 0.05) is 17.4 Å². The molecule has 0 aliphatic carbocycles. The lowest BCUT2D eigenvalue weighted by Crippen LogP contribution is -2.34. The first-order valence-electron chi connectivity index (χ1n) is 10.5. The molecule has 0 aromatic carbocycles. The minimum atomic E-state index is -1.09. The predicted octanol–water partition coefficient (Wildman–Crippen LogP) is 4.31. The van der Waals surface area contributed by atoms with Crippen LogP contribution in [0.15, 0.2) is 48.6 Å². The van der Waals surface area contributed by atoms with Crippen LogP contribution in [0.25, 0.3) is 0 Å². The molecule has 0 bridgehead atoms. The topological polar surface area (TPSA) is 121 Å². The van der Waals surface area contributed by atoms with Crippen molar-refractivity contribution in [1.29, 1.82) is 0 Å². The number of carboxylic acids is 2. The molecule has 0 aliphatic heterocycles. The molecule has 0 aromatic rings. The second kappa shape index (κ2) is 19.2. The van der Waals surface area contributed by atoms with Crippen LogP contribution in [-0.4, -0.2) is 50.4 Å². The van der Waals surface area contributed by atoms with Crippen LogP contribution in [0.1, 0.15) is 58.3 Å². The quantitative estimate of drug-likeness (QED) is 0.143. The zero-order valence-electron chi connectivity index (χ0n) is 17.9. The van der Waals surface area contributed by atoms with Gasteiger partial charge in [0.1, 0.15) is 6.04 Å². The molecule has 0 fully saturated rings. The van der Waals surface area contributed by atoms with Crippen LogP contribution in [0.3, 0.4) is 0 Å². The number of carboxylic acid groups (broad SMARTS) is 2.